The van der Waals surface area contributed by atoms with E-state index in [1.54, 1.807) is 0 Å². The fourth-order valence-corrected chi connectivity index (χ4v) is 7.00. The maximum absolute atomic E-state index is 5.79. The van der Waals surface area contributed by atoms with E-state index in [0.29, 0.717) is 19.8 Å². The predicted molar refractivity (Wildman–Crippen MR) is 73.5 cm³/mol. The second kappa shape index (κ2) is 9.12. The summed E-state index contributed by atoms with van der Waals surface area (Å²) < 4.78 is 17.4. The van der Waals surface area contributed by atoms with Gasteiger partial charge in [0.15, 0.2) is 0 Å². The summed E-state index contributed by atoms with van der Waals surface area (Å²) in [6.07, 6.45) is 0. The van der Waals surface area contributed by atoms with Crippen LogP contribution in [0.1, 0.15) is 20.8 Å². The number of hydrogen-bond acceptors (Lipinski definition) is 3. The Labute approximate surface area is 103 Å². The van der Waals surface area contributed by atoms with E-state index in [0.717, 1.165) is 12.1 Å². The van der Waals surface area contributed by atoms with Gasteiger partial charge in [-0.2, -0.15) is 0 Å². The molecule has 0 radical (unpaired) electrons. The maximum atomic E-state index is 5.79. The minimum atomic E-state index is -2.39. The lowest BCUT2D eigenvalue weighted by Gasteiger charge is -2.28. The zero-order valence-electron chi connectivity index (χ0n) is 11.1. The van der Waals surface area contributed by atoms with Crippen LogP contribution in [0.2, 0.25) is 18.6 Å². The molecular formula is C11H26O3Si2. The minimum Gasteiger partial charge on any atom is -0.374 e. The molecule has 3 nitrogen and oxygen atoms in total. The van der Waals surface area contributed by atoms with Crippen molar-refractivity contribution >= 4 is 17.6 Å². The van der Waals surface area contributed by atoms with Gasteiger partial charge in [-0.3, -0.25) is 0 Å². The molecule has 0 aliphatic rings. The second-order valence-electron chi connectivity index (χ2n) is 3.73. The Hall–Kier alpha value is 0.0538. The number of rotatable bonds is 10. The third kappa shape index (κ3) is 5.95. The molecule has 96 valence electrons. The zero-order valence-corrected chi connectivity index (χ0v) is 13.3. The number of hydrogen-bond donors (Lipinski definition) is 0. The Morgan fingerprint density at radius 3 is 1.81 bits per heavy atom. The summed E-state index contributed by atoms with van der Waals surface area (Å²) in [7, 11) is -3.19. The van der Waals surface area contributed by atoms with E-state index in [9.17, 15) is 0 Å². The molecule has 0 rings (SSSR count). The molecule has 0 N–H and O–H groups in total. The van der Waals surface area contributed by atoms with E-state index in [2.05, 4.69) is 18.8 Å². The highest BCUT2D eigenvalue weighted by atomic mass is 28.4. The van der Waals surface area contributed by atoms with Gasteiger partial charge in [0.1, 0.15) is 0 Å². The molecule has 0 aliphatic carbocycles. The SMILES string of the molecule is C=C[SiH](C)CC[Si](OCC)(OCC)OCC. The molecule has 0 aliphatic heterocycles. The van der Waals surface area contributed by atoms with Crippen LogP contribution < -0.4 is 0 Å². The van der Waals surface area contributed by atoms with E-state index in [1.165, 1.54) is 0 Å². The lowest BCUT2D eigenvalue weighted by molar-refractivity contribution is 0.0725. The fourth-order valence-electron chi connectivity index (χ4n) is 1.52. The molecule has 0 aromatic heterocycles. The molecule has 1 atom stereocenters. The van der Waals surface area contributed by atoms with Crippen molar-refractivity contribution in [2.24, 2.45) is 0 Å². The van der Waals surface area contributed by atoms with Crippen LogP contribution in [0, 0.1) is 0 Å². The van der Waals surface area contributed by atoms with Gasteiger partial charge >= 0.3 is 8.80 Å². The first kappa shape index (κ1) is 16.1. The Balaban J connectivity index is 4.39. The highest BCUT2D eigenvalue weighted by molar-refractivity contribution is 6.67. The van der Waals surface area contributed by atoms with Gasteiger partial charge in [-0.1, -0.05) is 12.6 Å². The molecule has 0 aromatic rings. The normalized spacial score (nSPS) is 13.8. The molecule has 0 amide bonds. The first-order valence-electron chi connectivity index (χ1n) is 6.18. The summed E-state index contributed by atoms with van der Waals surface area (Å²) in [4.78, 5) is 0. The zero-order chi connectivity index (χ0) is 12.4. The first-order chi connectivity index (χ1) is 7.64. The van der Waals surface area contributed by atoms with E-state index in [-0.39, 0.29) is 0 Å². The molecule has 0 aromatic carbocycles. The van der Waals surface area contributed by atoms with Crippen molar-refractivity contribution in [2.45, 2.75) is 39.4 Å². The molecule has 5 heteroatoms. The minimum absolute atomic E-state index is 0.663. The van der Waals surface area contributed by atoms with E-state index < -0.39 is 17.6 Å². The van der Waals surface area contributed by atoms with Crippen LogP contribution >= 0.6 is 0 Å². The highest BCUT2D eigenvalue weighted by Gasteiger charge is 2.39. The summed E-state index contributed by atoms with van der Waals surface area (Å²) in [5.74, 6) is 0. The average molecular weight is 262 g/mol. The quantitative estimate of drug-likeness (QED) is 0.567. The van der Waals surface area contributed by atoms with Crippen LogP contribution in [-0.4, -0.2) is 37.4 Å². The van der Waals surface area contributed by atoms with Crippen LogP contribution in [0.3, 0.4) is 0 Å². The van der Waals surface area contributed by atoms with Crippen LogP contribution in [0.25, 0.3) is 0 Å². The Morgan fingerprint density at radius 2 is 1.50 bits per heavy atom. The Bertz CT molecular complexity index is 171. The largest absolute Gasteiger partial charge is 0.500 e. The molecule has 0 spiro atoms. The van der Waals surface area contributed by atoms with Crippen molar-refractivity contribution in [1.82, 2.24) is 0 Å². The van der Waals surface area contributed by atoms with Crippen molar-refractivity contribution in [3.63, 3.8) is 0 Å². The summed E-state index contributed by atoms with van der Waals surface area (Å²) in [6, 6.07) is 2.08. The Kier molecular flexibility index (Phi) is 9.15. The molecule has 0 fully saturated rings. The van der Waals surface area contributed by atoms with Crippen LogP contribution in [0.4, 0.5) is 0 Å². The molecule has 0 bridgehead atoms. The van der Waals surface area contributed by atoms with Gasteiger partial charge in [-0.15, -0.1) is 12.3 Å². The lowest BCUT2D eigenvalue weighted by atomic mass is 10.9. The molecule has 16 heavy (non-hydrogen) atoms. The van der Waals surface area contributed by atoms with Gasteiger partial charge in [-0.25, -0.2) is 0 Å². The summed E-state index contributed by atoms with van der Waals surface area (Å²) in [5, 5.41) is 0. The van der Waals surface area contributed by atoms with E-state index >= 15 is 0 Å². The molecule has 1 unspecified atom stereocenters. The van der Waals surface area contributed by atoms with Gasteiger partial charge < -0.3 is 13.3 Å². The summed E-state index contributed by atoms with van der Waals surface area (Å²) >= 11 is 0. The molecule has 0 saturated heterocycles. The summed E-state index contributed by atoms with van der Waals surface area (Å²) in [5.41, 5.74) is 2.10. The standard InChI is InChI=1S/C11H26O3Si2/c1-6-12-16(13-7-2,14-8-3)11-10-15(5)9-4/h9,15H,4,6-8,10-11H2,1-3,5H3. The smallest absolute Gasteiger partial charge is 0.374 e. The van der Waals surface area contributed by atoms with Gasteiger partial charge in [0, 0.05) is 25.9 Å². The van der Waals surface area contributed by atoms with Crippen molar-refractivity contribution in [2.75, 3.05) is 19.8 Å². The van der Waals surface area contributed by atoms with E-state index in [1.807, 2.05) is 20.8 Å². The third-order valence-corrected chi connectivity index (χ3v) is 8.07. The van der Waals surface area contributed by atoms with Crippen LogP contribution in [-0.2, 0) is 13.3 Å². The van der Waals surface area contributed by atoms with Gasteiger partial charge in [0.25, 0.3) is 0 Å². The third-order valence-electron chi connectivity index (χ3n) is 2.40. The first-order valence-corrected chi connectivity index (χ1v) is 10.8. The monoisotopic (exact) mass is 262 g/mol. The van der Waals surface area contributed by atoms with Crippen molar-refractivity contribution < 1.29 is 13.3 Å². The molecule has 0 saturated carbocycles. The van der Waals surface area contributed by atoms with E-state index in [4.69, 9.17) is 13.3 Å². The second-order valence-corrected chi connectivity index (χ2v) is 9.47. The molecule has 0 heterocycles. The van der Waals surface area contributed by atoms with Crippen molar-refractivity contribution in [1.29, 1.82) is 0 Å². The van der Waals surface area contributed by atoms with Gasteiger partial charge in [0.05, 0.1) is 8.80 Å². The van der Waals surface area contributed by atoms with Crippen molar-refractivity contribution in [3.05, 3.63) is 12.3 Å². The topological polar surface area (TPSA) is 27.7 Å². The lowest BCUT2D eigenvalue weighted by Crippen LogP contribution is -2.46. The molecular weight excluding hydrogens is 236 g/mol. The Morgan fingerprint density at radius 1 is 1.06 bits per heavy atom. The van der Waals surface area contributed by atoms with Gasteiger partial charge in [0.2, 0.25) is 0 Å². The van der Waals surface area contributed by atoms with Crippen LogP contribution in [0.5, 0.6) is 0 Å². The average Bonchev–Trinajstić information content (AvgIpc) is 2.27. The fraction of sp³-hybridized carbons (Fsp3) is 0.818. The van der Waals surface area contributed by atoms with Gasteiger partial charge in [-0.05, 0) is 20.8 Å². The van der Waals surface area contributed by atoms with Crippen molar-refractivity contribution in [3.8, 4) is 0 Å². The van der Waals surface area contributed by atoms with Crippen LogP contribution in [0.15, 0.2) is 12.3 Å². The maximum Gasteiger partial charge on any atom is 0.500 e. The highest BCUT2D eigenvalue weighted by Crippen LogP contribution is 2.19. The predicted octanol–water partition coefficient (Wildman–Crippen LogP) is 2.62. The summed E-state index contributed by atoms with van der Waals surface area (Å²) in [6.45, 7) is 14.1.